The Balaban J connectivity index is 2.15. The van der Waals surface area contributed by atoms with Gasteiger partial charge in [-0.2, -0.15) is 0 Å². The fourth-order valence-corrected chi connectivity index (χ4v) is 3.48. The number of likely N-dealkylation sites (tertiary alicyclic amines) is 1. The van der Waals surface area contributed by atoms with E-state index in [1.54, 1.807) is 18.2 Å². The van der Waals surface area contributed by atoms with E-state index in [9.17, 15) is 4.39 Å². The molecule has 1 aliphatic heterocycles. The van der Waals surface area contributed by atoms with Gasteiger partial charge < -0.3 is 5.73 Å². The lowest BCUT2D eigenvalue weighted by Crippen LogP contribution is -2.59. The maximum atomic E-state index is 14.1. The van der Waals surface area contributed by atoms with Crippen LogP contribution in [0, 0.1) is 5.82 Å². The Hall–Kier alpha value is -0.640. The maximum Gasteiger partial charge on any atom is 0.145 e. The van der Waals surface area contributed by atoms with Crippen LogP contribution in [0.4, 0.5) is 4.39 Å². The van der Waals surface area contributed by atoms with Gasteiger partial charge in [0.2, 0.25) is 0 Å². The summed E-state index contributed by atoms with van der Waals surface area (Å²) in [6.07, 6.45) is 5.25. The molecular weight excluding hydrogens is 287 g/mol. The van der Waals surface area contributed by atoms with E-state index in [-0.39, 0.29) is 22.4 Å². The molecule has 21 heavy (non-hydrogen) atoms. The first-order valence-corrected chi connectivity index (χ1v) is 8.30. The number of rotatable bonds is 5. The predicted molar refractivity (Wildman–Crippen MR) is 87.2 cm³/mol. The van der Waals surface area contributed by atoms with Gasteiger partial charge in [-0.3, -0.25) is 4.90 Å². The molecule has 0 aromatic heterocycles. The fourth-order valence-electron chi connectivity index (χ4n) is 3.29. The zero-order valence-corrected chi connectivity index (χ0v) is 13.8. The van der Waals surface area contributed by atoms with E-state index in [0.29, 0.717) is 12.0 Å². The molecule has 0 spiro atoms. The van der Waals surface area contributed by atoms with Gasteiger partial charge in [0, 0.05) is 11.6 Å². The van der Waals surface area contributed by atoms with Crippen molar-refractivity contribution in [2.75, 3.05) is 13.1 Å². The van der Waals surface area contributed by atoms with Gasteiger partial charge in [0.15, 0.2) is 0 Å². The highest BCUT2D eigenvalue weighted by molar-refractivity contribution is 6.30. The van der Waals surface area contributed by atoms with Gasteiger partial charge in [-0.15, -0.1) is 0 Å². The predicted octanol–water partition coefficient (Wildman–Crippen LogP) is 4.00. The molecule has 0 bridgehead atoms. The molecule has 1 heterocycles. The molecule has 1 saturated heterocycles. The third kappa shape index (κ3) is 3.58. The van der Waals surface area contributed by atoms with Crippen LogP contribution in [0.1, 0.15) is 45.1 Å². The highest BCUT2D eigenvalue weighted by Gasteiger charge is 2.37. The summed E-state index contributed by atoms with van der Waals surface area (Å²) in [6.45, 7) is 6.57. The van der Waals surface area contributed by atoms with Crippen LogP contribution in [0.5, 0.6) is 0 Å². The van der Waals surface area contributed by atoms with Crippen LogP contribution in [-0.2, 0) is 6.42 Å². The molecule has 0 radical (unpaired) electrons. The number of halogens is 2. The van der Waals surface area contributed by atoms with Crippen molar-refractivity contribution in [3.05, 3.63) is 34.6 Å². The van der Waals surface area contributed by atoms with Crippen LogP contribution < -0.4 is 5.73 Å². The zero-order valence-electron chi connectivity index (χ0n) is 13.0. The van der Waals surface area contributed by atoms with E-state index in [4.69, 9.17) is 17.3 Å². The van der Waals surface area contributed by atoms with Gasteiger partial charge in [-0.05, 0) is 57.3 Å². The summed E-state index contributed by atoms with van der Waals surface area (Å²) in [5.41, 5.74) is 7.02. The lowest BCUT2D eigenvalue weighted by atomic mass is 9.83. The second-order valence-electron chi connectivity index (χ2n) is 6.28. The minimum Gasteiger partial charge on any atom is -0.326 e. The van der Waals surface area contributed by atoms with Gasteiger partial charge in [0.1, 0.15) is 5.82 Å². The third-order valence-electron chi connectivity index (χ3n) is 5.06. The Morgan fingerprint density at radius 1 is 1.33 bits per heavy atom. The molecule has 0 amide bonds. The third-order valence-corrected chi connectivity index (χ3v) is 5.36. The summed E-state index contributed by atoms with van der Waals surface area (Å²) in [6, 6.07) is 5.05. The van der Waals surface area contributed by atoms with Crippen molar-refractivity contribution < 1.29 is 4.39 Å². The van der Waals surface area contributed by atoms with Crippen molar-refractivity contribution >= 4 is 11.6 Å². The van der Waals surface area contributed by atoms with Gasteiger partial charge in [0.05, 0.1) is 5.02 Å². The van der Waals surface area contributed by atoms with Crippen molar-refractivity contribution in [1.29, 1.82) is 0 Å². The molecule has 0 saturated carbocycles. The normalized spacial score (nSPS) is 21.0. The van der Waals surface area contributed by atoms with Crippen LogP contribution in [0.25, 0.3) is 0 Å². The van der Waals surface area contributed by atoms with Crippen LogP contribution in [-0.4, -0.2) is 29.6 Å². The SMILES string of the molecule is CCC(C)(C(N)Cc1cccc(Cl)c1F)N1CCCCC1. The Labute approximate surface area is 132 Å². The summed E-state index contributed by atoms with van der Waals surface area (Å²) >= 11 is 5.87. The molecule has 2 unspecified atom stereocenters. The first-order chi connectivity index (χ1) is 9.99. The topological polar surface area (TPSA) is 29.3 Å². The van der Waals surface area contributed by atoms with Crippen LogP contribution in [0.15, 0.2) is 18.2 Å². The fraction of sp³-hybridized carbons (Fsp3) is 0.647. The van der Waals surface area contributed by atoms with Gasteiger partial charge >= 0.3 is 0 Å². The first-order valence-electron chi connectivity index (χ1n) is 7.92. The summed E-state index contributed by atoms with van der Waals surface area (Å²) in [5.74, 6) is -0.327. The average Bonchev–Trinajstić information content (AvgIpc) is 2.51. The number of nitrogens with zero attached hydrogens (tertiary/aromatic N) is 1. The minimum absolute atomic E-state index is 0.0881. The first kappa shape index (κ1) is 16.7. The number of benzene rings is 1. The van der Waals surface area contributed by atoms with Crippen LogP contribution >= 0.6 is 11.6 Å². The number of piperidine rings is 1. The molecule has 1 fully saturated rings. The molecule has 4 heteroatoms. The average molecular weight is 313 g/mol. The summed E-state index contributed by atoms with van der Waals surface area (Å²) in [7, 11) is 0. The maximum absolute atomic E-state index is 14.1. The lowest BCUT2D eigenvalue weighted by molar-refractivity contribution is 0.0544. The van der Waals surface area contributed by atoms with Crippen LogP contribution in [0.3, 0.4) is 0 Å². The largest absolute Gasteiger partial charge is 0.326 e. The van der Waals surface area contributed by atoms with E-state index in [1.807, 2.05) is 0 Å². The van der Waals surface area contributed by atoms with Crippen LogP contribution in [0.2, 0.25) is 5.02 Å². The summed E-state index contributed by atoms with van der Waals surface area (Å²) in [4.78, 5) is 2.49. The minimum atomic E-state index is -0.327. The Bertz CT molecular complexity index is 474. The van der Waals surface area contributed by atoms with Crippen molar-refractivity contribution in [3.8, 4) is 0 Å². The van der Waals surface area contributed by atoms with E-state index < -0.39 is 0 Å². The molecule has 2 N–H and O–H groups in total. The highest BCUT2D eigenvalue weighted by Crippen LogP contribution is 2.29. The number of hydrogen-bond donors (Lipinski definition) is 1. The molecule has 2 atom stereocenters. The van der Waals surface area contributed by atoms with Gasteiger partial charge in [-0.1, -0.05) is 37.1 Å². The number of hydrogen-bond acceptors (Lipinski definition) is 2. The highest BCUT2D eigenvalue weighted by atomic mass is 35.5. The van der Waals surface area contributed by atoms with Gasteiger partial charge in [0.25, 0.3) is 0 Å². The zero-order chi connectivity index (χ0) is 15.5. The molecule has 1 aromatic carbocycles. The molecule has 2 rings (SSSR count). The number of nitrogens with two attached hydrogens (primary N) is 1. The second kappa shape index (κ2) is 7.08. The molecule has 1 aromatic rings. The summed E-state index contributed by atoms with van der Waals surface area (Å²) in [5, 5.41) is 0.177. The molecular formula is C17H26ClFN2. The Kier molecular flexibility index (Phi) is 5.64. The lowest BCUT2D eigenvalue weighted by Gasteiger charge is -2.47. The quantitative estimate of drug-likeness (QED) is 0.890. The van der Waals surface area contributed by atoms with E-state index in [2.05, 4.69) is 18.7 Å². The van der Waals surface area contributed by atoms with E-state index in [1.165, 1.54) is 19.3 Å². The second-order valence-corrected chi connectivity index (χ2v) is 6.69. The molecule has 118 valence electrons. The van der Waals surface area contributed by atoms with Gasteiger partial charge in [-0.25, -0.2) is 4.39 Å². The smallest absolute Gasteiger partial charge is 0.145 e. The Morgan fingerprint density at radius 2 is 2.00 bits per heavy atom. The monoisotopic (exact) mass is 312 g/mol. The van der Waals surface area contributed by atoms with E-state index >= 15 is 0 Å². The summed E-state index contributed by atoms with van der Waals surface area (Å²) < 4.78 is 14.1. The van der Waals surface area contributed by atoms with Crippen molar-refractivity contribution in [1.82, 2.24) is 4.90 Å². The standard InChI is InChI=1S/C17H26ClFN2/c1-3-17(2,21-10-5-4-6-11-21)15(20)12-13-8-7-9-14(18)16(13)19/h7-9,15H,3-6,10-12,20H2,1-2H3. The van der Waals surface area contributed by atoms with Crippen molar-refractivity contribution in [3.63, 3.8) is 0 Å². The molecule has 2 nitrogen and oxygen atoms in total. The van der Waals surface area contributed by atoms with Crippen molar-refractivity contribution in [2.45, 2.75) is 57.5 Å². The van der Waals surface area contributed by atoms with E-state index in [0.717, 1.165) is 19.5 Å². The molecule has 0 aliphatic carbocycles. The van der Waals surface area contributed by atoms with Crippen molar-refractivity contribution in [2.24, 2.45) is 5.73 Å². The Morgan fingerprint density at radius 3 is 2.62 bits per heavy atom. The molecule has 1 aliphatic rings.